The Morgan fingerprint density at radius 1 is 1.22 bits per heavy atom. The minimum atomic E-state index is -0.315. The smallest absolute Gasteiger partial charge is 0.225 e. The molecule has 0 spiro atoms. The predicted octanol–water partition coefficient (Wildman–Crippen LogP) is 2.76. The van der Waals surface area contributed by atoms with E-state index in [9.17, 15) is 4.79 Å². The first-order valence-corrected chi connectivity index (χ1v) is 6.40. The maximum atomic E-state index is 11.6. The van der Waals surface area contributed by atoms with E-state index in [-0.39, 0.29) is 11.3 Å². The minimum absolute atomic E-state index is 0.0885. The van der Waals surface area contributed by atoms with Gasteiger partial charge in [-0.3, -0.25) is 4.79 Å². The number of benzene rings is 1. The number of hydrogen-bond acceptors (Lipinski definition) is 2. The Hall–Kier alpha value is -1.35. The van der Waals surface area contributed by atoms with Gasteiger partial charge in [-0.1, -0.05) is 51.1 Å². The van der Waals surface area contributed by atoms with E-state index in [2.05, 4.69) is 5.32 Å². The fourth-order valence-corrected chi connectivity index (χ4v) is 1.41. The molecule has 3 nitrogen and oxygen atoms in total. The Balaban J connectivity index is 2.05. The predicted molar refractivity (Wildman–Crippen MR) is 73.2 cm³/mol. The zero-order valence-electron chi connectivity index (χ0n) is 11.5. The van der Waals surface area contributed by atoms with E-state index in [0.717, 1.165) is 6.42 Å². The van der Waals surface area contributed by atoms with E-state index < -0.39 is 0 Å². The molecule has 0 radical (unpaired) electrons. The third kappa shape index (κ3) is 5.82. The van der Waals surface area contributed by atoms with Gasteiger partial charge in [-0.25, -0.2) is 0 Å². The van der Waals surface area contributed by atoms with Crippen molar-refractivity contribution in [3.8, 4) is 0 Å². The van der Waals surface area contributed by atoms with E-state index in [1.165, 1.54) is 5.56 Å². The van der Waals surface area contributed by atoms with Crippen molar-refractivity contribution in [2.75, 3.05) is 13.2 Å². The number of hydrogen-bond donors (Lipinski definition) is 1. The molecule has 0 aromatic heterocycles. The molecule has 0 unspecified atom stereocenters. The SMILES string of the molecule is CC(C)(C)C(=O)NCCCOCc1ccccc1. The molecule has 1 rings (SSSR count). The summed E-state index contributed by atoms with van der Waals surface area (Å²) in [6.45, 7) is 7.70. The second kappa shape index (κ2) is 7.17. The Morgan fingerprint density at radius 2 is 1.89 bits per heavy atom. The molecule has 0 saturated carbocycles. The van der Waals surface area contributed by atoms with Gasteiger partial charge in [0.25, 0.3) is 0 Å². The average molecular weight is 249 g/mol. The molecule has 1 aromatic carbocycles. The summed E-state index contributed by atoms with van der Waals surface area (Å²) >= 11 is 0. The van der Waals surface area contributed by atoms with Crippen LogP contribution in [0.25, 0.3) is 0 Å². The van der Waals surface area contributed by atoms with Gasteiger partial charge in [0.15, 0.2) is 0 Å². The zero-order valence-corrected chi connectivity index (χ0v) is 11.5. The maximum Gasteiger partial charge on any atom is 0.225 e. The van der Waals surface area contributed by atoms with Gasteiger partial charge < -0.3 is 10.1 Å². The Bertz CT molecular complexity index is 355. The summed E-state index contributed by atoms with van der Waals surface area (Å²) in [7, 11) is 0. The molecule has 0 saturated heterocycles. The highest BCUT2D eigenvalue weighted by atomic mass is 16.5. The van der Waals surface area contributed by atoms with Crippen LogP contribution in [0.1, 0.15) is 32.8 Å². The molecule has 0 aliphatic rings. The van der Waals surface area contributed by atoms with E-state index in [1.54, 1.807) is 0 Å². The molecular formula is C15H23NO2. The molecule has 1 aromatic rings. The molecule has 100 valence electrons. The highest BCUT2D eigenvalue weighted by molar-refractivity contribution is 5.81. The van der Waals surface area contributed by atoms with Gasteiger partial charge >= 0.3 is 0 Å². The number of amides is 1. The summed E-state index contributed by atoms with van der Waals surface area (Å²) in [5.41, 5.74) is 0.862. The number of carbonyl (C=O) groups excluding carboxylic acids is 1. The van der Waals surface area contributed by atoms with Gasteiger partial charge in [-0.2, -0.15) is 0 Å². The van der Waals surface area contributed by atoms with Crippen molar-refractivity contribution in [2.45, 2.75) is 33.8 Å². The molecule has 18 heavy (non-hydrogen) atoms. The van der Waals surface area contributed by atoms with Crippen molar-refractivity contribution in [1.29, 1.82) is 0 Å². The third-order valence-electron chi connectivity index (χ3n) is 2.54. The molecule has 0 heterocycles. The summed E-state index contributed by atoms with van der Waals surface area (Å²) < 4.78 is 5.54. The van der Waals surface area contributed by atoms with Gasteiger partial charge in [0.2, 0.25) is 5.91 Å². The van der Waals surface area contributed by atoms with E-state index in [4.69, 9.17) is 4.74 Å². The van der Waals surface area contributed by atoms with Crippen LogP contribution >= 0.6 is 0 Å². The molecule has 1 N–H and O–H groups in total. The molecule has 0 bridgehead atoms. The van der Waals surface area contributed by atoms with Gasteiger partial charge in [0, 0.05) is 18.6 Å². The molecule has 0 aliphatic carbocycles. The second-order valence-corrected chi connectivity index (χ2v) is 5.40. The van der Waals surface area contributed by atoms with E-state index >= 15 is 0 Å². The largest absolute Gasteiger partial charge is 0.377 e. The van der Waals surface area contributed by atoms with Crippen LogP contribution in [-0.2, 0) is 16.1 Å². The first-order valence-electron chi connectivity index (χ1n) is 6.40. The number of rotatable bonds is 6. The van der Waals surface area contributed by atoms with Crippen LogP contribution in [0.2, 0.25) is 0 Å². The molecule has 0 aliphatic heterocycles. The molecular weight excluding hydrogens is 226 g/mol. The van der Waals surface area contributed by atoms with Crippen LogP contribution < -0.4 is 5.32 Å². The monoisotopic (exact) mass is 249 g/mol. The summed E-state index contributed by atoms with van der Waals surface area (Å²) in [6, 6.07) is 10.1. The fraction of sp³-hybridized carbons (Fsp3) is 0.533. The maximum absolute atomic E-state index is 11.6. The zero-order chi connectivity index (χ0) is 13.4. The number of nitrogens with one attached hydrogen (secondary N) is 1. The normalized spacial score (nSPS) is 11.3. The number of carbonyl (C=O) groups is 1. The van der Waals surface area contributed by atoms with Gasteiger partial charge in [-0.05, 0) is 12.0 Å². The van der Waals surface area contributed by atoms with Gasteiger partial charge in [0.05, 0.1) is 6.61 Å². The summed E-state index contributed by atoms with van der Waals surface area (Å²) in [5.74, 6) is 0.0885. The minimum Gasteiger partial charge on any atom is -0.377 e. The average Bonchev–Trinajstić information content (AvgIpc) is 2.33. The summed E-state index contributed by atoms with van der Waals surface area (Å²) in [5, 5.41) is 2.90. The lowest BCUT2D eigenvalue weighted by Crippen LogP contribution is -2.35. The van der Waals surface area contributed by atoms with Crippen molar-refractivity contribution < 1.29 is 9.53 Å². The van der Waals surface area contributed by atoms with Crippen LogP contribution in [0.4, 0.5) is 0 Å². The van der Waals surface area contributed by atoms with Crippen molar-refractivity contribution in [1.82, 2.24) is 5.32 Å². The van der Waals surface area contributed by atoms with Gasteiger partial charge in [-0.15, -0.1) is 0 Å². The Kier molecular flexibility index (Phi) is 5.86. The lowest BCUT2D eigenvalue weighted by atomic mass is 9.96. The fourth-order valence-electron chi connectivity index (χ4n) is 1.41. The Labute approximate surface area is 110 Å². The molecule has 0 fully saturated rings. The quantitative estimate of drug-likeness (QED) is 0.787. The van der Waals surface area contributed by atoms with Gasteiger partial charge in [0.1, 0.15) is 0 Å². The van der Waals surface area contributed by atoms with Crippen LogP contribution in [0.15, 0.2) is 30.3 Å². The van der Waals surface area contributed by atoms with E-state index in [0.29, 0.717) is 19.8 Å². The summed E-state index contributed by atoms with van der Waals surface area (Å²) in [6.07, 6.45) is 0.842. The van der Waals surface area contributed by atoms with Crippen molar-refractivity contribution in [2.24, 2.45) is 5.41 Å². The molecule has 0 atom stereocenters. The molecule has 1 amide bonds. The second-order valence-electron chi connectivity index (χ2n) is 5.40. The van der Waals surface area contributed by atoms with E-state index in [1.807, 2.05) is 51.1 Å². The van der Waals surface area contributed by atoms with Crippen LogP contribution in [-0.4, -0.2) is 19.1 Å². The molecule has 3 heteroatoms. The highest BCUT2D eigenvalue weighted by Gasteiger charge is 2.19. The number of ether oxygens (including phenoxy) is 1. The highest BCUT2D eigenvalue weighted by Crippen LogP contribution is 2.12. The van der Waals surface area contributed by atoms with Crippen molar-refractivity contribution in [3.63, 3.8) is 0 Å². The lowest BCUT2D eigenvalue weighted by molar-refractivity contribution is -0.128. The lowest BCUT2D eigenvalue weighted by Gasteiger charge is -2.17. The van der Waals surface area contributed by atoms with Crippen LogP contribution in [0, 0.1) is 5.41 Å². The van der Waals surface area contributed by atoms with Crippen molar-refractivity contribution in [3.05, 3.63) is 35.9 Å². The topological polar surface area (TPSA) is 38.3 Å². The third-order valence-corrected chi connectivity index (χ3v) is 2.54. The van der Waals surface area contributed by atoms with Crippen LogP contribution in [0.5, 0.6) is 0 Å². The standard InChI is InChI=1S/C15H23NO2/c1-15(2,3)14(17)16-10-7-11-18-12-13-8-5-4-6-9-13/h4-6,8-9H,7,10-12H2,1-3H3,(H,16,17). The summed E-state index contributed by atoms with van der Waals surface area (Å²) in [4.78, 5) is 11.6. The Morgan fingerprint density at radius 3 is 2.50 bits per heavy atom. The first kappa shape index (κ1) is 14.7. The first-order chi connectivity index (χ1) is 8.50. The van der Waals surface area contributed by atoms with Crippen LogP contribution in [0.3, 0.4) is 0 Å². The van der Waals surface area contributed by atoms with Crippen molar-refractivity contribution >= 4 is 5.91 Å².